The minimum atomic E-state index is -2.61. The third-order valence-corrected chi connectivity index (χ3v) is 9.00. The molecule has 2 bridgehead atoms. The van der Waals surface area contributed by atoms with Crippen molar-refractivity contribution in [3.05, 3.63) is 58.3 Å². The molecule has 44 heavy (non-hydrogen) atoms. The number of phenols is 6. The highest BCUT2D eigenvalue weighted by atomic mass is 16.7. The molecule has 228 valence electrons. The maximum atomic E-state index is 13.5. The van der Waals surface area contributed by atoms with E-state index >= 15 is 0 Å². The fraction of sp³-hybridized carbons (Fsp3) is 0.300. The van der Waals surface area contributed by atoms with Crippen LogP contribution < -0.4 is 14.2 Å². The predicted octanol–water partition coefficient (Wildman–Crippen LogP) is 1.42. The molecule has 1 aliphatic carbocycles. The van der Waals surface area contributed by atoms with Gasteiger partial charge < -0.3 is 64.9 Å². The molecular weight excluding hydrogens is 584 g/mol. The second kappa shape index (κ2) is 8.31. The average Bonchev–Trinajstić information content (AvgIpc) is 3.29. The van der Waals surface area contributed by atoms with Crippen LogP contribution in [0.4, 0.5) is 0 Å². The highest BCUT2D eigenvalue weighted by Gasteiger charge is 2.71. The second-order valence-electron chi connectivity index (χ2n) is 11.6. The fourth-order valence-corrected chi connectivity index (χ4v) is 7.18. The third kappa shape index (κ3) is 3.26. The van der Waals surface area contributed by atoms with Gasteiger partial charge in [0.15, 0.2) is 35.1 Å². The Balaban J connectivity index is 1.33. The van der Waals surface area contributed by atoms with E-state index < -0.39 is 71.0 Å². The van der Waals surface area contributed by atoms with Crippen molar-refractivity contribution in [3.63, 3.8) is 0 Å². The molecule has 14 heteroatoms. The van der Waals surface area contributed by atoms with Crippen LogP contribution in [0, 0.1) is 0 Å². The molecular formula is C30H24O14. The maximum absolute atomic E-state index is 13.5. The van der Waals surface area contributed by atoms with Crippen LogP contribution in [0.15, 0.2) is 36.1 Å². The molecule has 6 atom stereocenters. The number of fused-ring (bicyclic) bond motifs is 6. The van der Waals surface area contributed by atoms with Crippen LogP contribution in [0.2, 0.25) is 0 Å². The van der Waals surface area contributed by atoms with Crippen molar-refractivity contribution in [3.8, 4) is 51.7 Å². The first-order valence-corrected chi connectivity index (χ1v) is 13.6. The molecule has 0 unspecified atom stereocenters. The Morgan fingerprint density at radius 3 is 2.11 bits per heavy atom. The van der Waals surface area contributed by atoms with Crippen molar-refractivity contribution in [2.75, 3.05) is 0 Å². The Labute approximate surface area is 246 Å². The molecule has 9 N–H and O–H groups in total. The zero-order valence-corrected chi connectivity index (χ0v) is 22.4. The van der Waals surface area contributed by atoms with Crippen LogP contribution in [-0.4, -0.2) is 81.4 Å². The van der Waals surface area contributed by atoms with Gasteiger partial charge in [0.25, 0.3) is 5.78 Å². The Hall–Kier alpha value is -5.05. The lowest BCUT2D eigenvalue weighted by molar-refractivity contribution is -0.293. The van der Waals surface area contributed by atoms with Crippen molar-refractivity contribution in [2.24, 2.45) is 0 Å². The van der Waals surface area contributed by atoms with Gasteiger partial charge in [-0.1, -0.05) is 0 Å². The van der Waals surface area contributed by atoms with E-state index in [1.165, 1.54) is 12.1 Å². The lowest BCUT2D eigenvalue weighted by atomic mass is 9.68. The zero-order chi connectivity index (χ0) is 31.0. The molecule has 3 aromatic rings. The number of ketones is 1. The van der Waals surface area contributed by atoms with Crippen molar-refractivity contribution in [1.29, 1.82) is 0 Å². The van der Waals surface area contributed by atoms with Crippen molar-refractivity contribution in [2.45, 2.75) is 55.1 Å². The number of Topliss-reactive ketones (excluding diaryl/α,β-unsaturated/α-hetero) is 1. The first-order chi connectivity index (χ1) is 20.8. The summed E-state index contributed by atoms with van der Waals surface area (Å²) >= 11 is 0. The highest BCUT2D eigenvalue weighted by Crippen LogP contribution is 2.64. The molecule has 4 aliphatic heterocycles. The maximum Gasteiger partial charge on any atom is 0.256 e. The lowest BCUT2D eigenvalue weighted by Gasteiger charge is -2.53. The molecule has 5 aliphatic rings. The molecule has 0 aromatic heterocycles. The summed E-state index contributed by atoms with van der Waals surface area (Å²) in [5.74, 6) is -7.95. The van der Waals surface area contributed by atoms with Crippen LogP contribution in [0.5, 0.6) is 51.7 Å². The van der Waals surface area contributed by atoms with Gasteiger partial charge in [-0.25, -0.2) is 0 Å². The fourth-order valence-electron chi connectivity index (χ4n) is 7.18. The Morgan fingerprint density at radius 2 is 1.43 bits per heavy atom. The van der Waals surface area contributed by atoms with Gasteiger partial charge in [0, 0.05) is 59.4 Å². The monoisotopic (exact) mass is 608 g/mol. The molecule has 4 heterocycles. The summed E-state index contributed by atoms with van der Waals surface area (Å²) in [6.07, 6.45) is -6.06. The summed E-state index contributed by atoms with van der Waals surface area (Å²) in [7, 11) is 0. The SMILES string of the molecule is O=C1C(O)=C2c3c([C@@H]4Oc5cc(O)cc(O)c5C[C@@H]4O)cc(O)c(O)c3O[C@@]23C[C@@]1(O)O[C@@H]1Cc2c(O)cc(O)cc2O[C@@H]13. The molecule has 3 aromatic carbocycles. The number of aliphatic hydroxyl groups excluding tert-OH is 2. The standard InChI is InChI=1S/C30H24O14/c31-9-1-14(33)11-5-17(36)25(41-18(11)3-9)13-6-16(35)23(37)26-21(13)22-24(38)27(39)30(40)8-29(22,44-26)28-20(43-30)7-12-15(34)2-10(32)4-19(12)42-28/h1-4,6,17,20,25,28,31-38,40H,5,7-8H2/t17-,20+,25-,28-,29-,30+/m0/s1. The Morgan fingerprint density at radius 1 is 0.795 bits per heavy atom. The Kier molecular flexibility index (Phi) is 5.02. The van der Waals surface area contributed by atoms with E-state index in [9.17, 15) is 50.8 Å². The van der Waals surface area contributed by atoms with Gasteiger partial charge in [0.2, 0.25) is 11.5 Å². The summed E-state index contributed by atoms with van der Waals surface area (Å²) in [6.45, 7) is 0. The summed E-state index contributed by atoms with van der Waals surface area (Å²) < 4.78 is 24.2. The number of benzene rings is 3. The molecule has 0 amide bonds. The van der Waals surface area contributed by atoms with Crippen LogP contribution in [0.25, 0.3) is 5.57 Å². The first-order valence-electron chi connectivity index (χ1n) is 13.6. The summed E-state index contributed by atoms with van der Waals surface area (Å²) in [5.41, 5.74) is -1.93. The number of carbonyl (C=O) groups excluding carboxylic acids is 1. The van der Waals surface area contributed by atoms with Crippen LogP contribution in [0.1, 0.15) is 34.8 Å². The molecule has 8 rings (SSSR count). The summed E-state index contributed by atoms with van der Waals surface area (Å²) in [5, 5.41) is 96.6. The number of carbonyl (C=O) groups is 1. The van der Waals surface area contributed by atoms with E-state index in [0.717, 1.165) is 18.2 Å². The first kappa shape index (κ1) is 26.6. The topological polar surface area (TPSA) is 236 Å². The number of ether oxygens (including phenoxy) is 4. The van der Waals surface area contributed by atoms with Crippen LogP contribution in [-0.2, 0) is 22.4 Å². The minimum Gasteiger partial charge on any atom is -0.508 e. The van der Waals surface area contributed by atoms with Gasteiger partial charge in [-0.05, 0) is 6.07 Å². The van der Waals surface area contributed by atoms with E-state index in [1.807, 2.05) is 0 Å². The number of aliphatic hydroxyl groups is 3. The zero-order valence-electron chi connectivity index (χ0n) is 22.4. The predicted molar refractivity (Wildman–Crippen MR) is 143 cm³/mol. The largest absolute Gasteiger partial charge is 0.508 e. The second-order valence-corrected chi connectivity index (χ2v) is 11.6. The number of aromatic hydroxyl groups is 6. The highest BCUT2D eigenvalue weighted by molar-refractivity contribution is 6.10. The van der Waals surface area contributed by atoms with E-state index in [1.54, 1.807) is 0 Å². The molecule has 0 saturated carbocycles. The number of hydrogen-bond acceptors (Lipinski definition) is 14. The molecule has 1 fully saturated rings. The van der Waals surface area contributed by atoms with Gasteiger partial charge >= 0.3 is 0 Å². The van der Waals surface area contributed by atoms with Crippen LogP contribution in [0.3, 0.4) is 0 Å². The van der Waals surface area contributed by atoms with Crippen molar-refractivity contribution >= 4 is 11.4 Å². The van der Waals surface area contributed by atoms with E-state index in [-0.39, 0.29) is 75.2 Å². The van der Waals surface area contributed by atoms with Gasteiger partial charge in [0.05, 0.1) is 18.1 Å². The van der Waals surface area contributed by atoms with Gasteiger partial charge in [0.1, 0.15) is 40.6 Å². The van der Waals surface area contributed by atoms with E-state index in [0.29, 0.717) is 0 Å². The van der Waals surface area contributed by atoms with Crippen molar-refractivity contribution in [1.82, 2.24) is 0 Å². The third-order valence-electron chi connectivity index (χ3n) is 9.00. The van der Waals surface area contributed by atoms with Gasteiger partial charge in [-0.2, -0.15) is 0 Å². The lowest BCUT2D eigenvalue weighted by Crippen LogP contribution is -2.71. The minimum absolute atomic E-state index is 0.0120. The molecule has 1 spiro atoms. The quantitative estimate of drug-likeness (QED) is 0.178. The van der Waals surface area contributed by atoms with Gasteiger partial charge in [-0.15, -0.1) is 0 Å². The van der Waals surface area contributed by atoms with E-state index in [2.05, 4.69) is 0 Å². The molecule has 1 saturated heterocycles. The number of hydrogen-bond donors (Lipinski definition) is 9. The number of rotatable bonds is 1. The molecule has 0 radical (unpaired) electrons. The van der Waals surface area contributed by atoms with Crippen molar-refractivity contribution < 1.29 is 69.7 Å². The smallest absolute Gasteiger partial charge is 0.256 e. The molecule has 14 nitrogen and oxygen atoms in total. The van der Waals surface area contributed by atoms with E-state index in [4.69, 9.17) is 18.9 Å². The Bertz CT molecular complexity index is 1870. The summed E-state index contributed by atoms with van der Waals surface area (Å²) in [6, 6.07) is 5.69. The number of phenolic OH excluding ortho intramolecular Hbond substituents is 6. The average molecular weight is 609 g/mol. The normalized spacial score (nSPS) is 31.0. The van der Waals surface area contributed by atoms with Gasteiger partial charge in [-0.3, -0.25) is 4.79 Å². The van der Waals surface area contributed by atoms with Crippen LogP contribution >= 0.6 is 0 Å². The summed E-state index contributed by atoms with van der Waals surface area (Å²) in [4.78, 5) is 13.5.